The maximum Gasteiger partial charge on any atom is 0.323 e. The third-order valence-electron chi connectivity index (χ3n) is 2.53. The largest absolute Gasteiger partial charge is 0.464 e. The Balaban J connectivity index is 2.41. The zero-order valence-electron chi connectivity index (χ0n) is 13.5. The van der Waals surface area contributed by atoms with E-state index in [-0.39, 0.29) is 6.10 Å². The molecule has 0 aliphatic carbocycles. The lowest BCUT2D eigenvalue weighted by Gasteiger charge is -2.10. The predicted octanol–water partition coefficient (Wildman–Crippen LogP) is 2.32. The number of unbranched alkanes of at least 4 members (excludes halogenated alkanes) is 1. The molecular formula is C14H27N5O2. The molecule has 120 valence electrons. The van der Waals surface area contributed by atoms with Gasteiger partial charge in [0.25, 0.3) is 0 Å². The van der Waals surface area contributed by atoms with Gasteiger partial charge in [-0.15, -0.1) is 0 Å². The first kappa shape index (κ1) is 17.4. The van der Waals surface area contributed by atoms with Gasteiger partial charge in [-0.1, -0.05) is 0 Å². The fourth-order valence-electron chi connectivity index (χ4n) is 1.61. The molecule has 0 fully saturated rings. The van der Waals surface area contributed by atoms with Crippen molar-refractivity contribution < 1.29 is 9.47 Å². The van der Waals surface area contributed by atoms with Gasteiger partial charge in [0, 0.05) is 19.7 Å². The minimum atomic E-state index is 0.290. The highest BCUT2D eigenvalue weighted by molar-refractivity contribution is 5.35. The second kappa shape index (κ2) is 10.1. The Morgan fingerprint density at radius 1 is 1.00 bits per heavy atom. The molecule has 1 heterocycles. The van der Waals surface area contributed by atoms with Crippen LogP contribution in [0.3, 0.4) is 0 Å². The maximum absolute atomic E-state index is 5.50. The van der Waals surface area contributed by atoms with E-state index in [0.717, 1.165) is 32.5 Å². The molecule has 0 radical (unpaired) electrons. The number of aromatic nitrogens is 3. The van der Waals surface area contributed by atoms with Gasteiger partial charge in [-0.05, 0) is 40.5 Å². The van der Waals surface area contributed by atoms with Gasteiger partial charge in [0.15, 0.2) is 0 Å². The second-order valence-corrected chi connectivity index (χ2v) is 4.78. The number of anilines is 2. The molecule has 7 nitrogen and oxygen atoms in total. The lowest BCUT2D eigenvalue weighted by molar-refractivity contribution is 0.0765. The minimum Gasteiger partial charge on any atom is -0.464 e. The molecule has 0 aromatic carbocycles. The van der Waals surface area contributed by atoms with Crippen molar-refractivity contribution in [3.63, 3.8) is 0 Å². The first-order valence-electron chi connectivity index (χ1n) is 7.63. The van der Waals surface area contributed by atoms with Crippen molar-refractivity contribution in [2.45, 2.75) is 46.6 Å². The quantitative estimate of drug-likeness (QED) is 0.607. The van der Waals surface area contributed by atoms with Gasteiger partial charge in [0.1, 0.15) is 0 Å². The van der Waals surface area contributed by atoms with Gasteiger partial charge < -0.3 is 20.1 Å². The summed E-state index contributed by atoms with van der Waals surface area (Å²) >= 11 is 0. The average molecular weight is 297 g/mol. The summed E-state index contributed by atoms with van der Waals surface area (Å²) in [5.41, 5.74) is 0. The van der Waals surface area contributed by atoms with Crippen LogP contribution in [0, 0.1) is 0 Å². The van der Waals surface area contributed by atoms with Crippen LogP contribution in [0.1, 0.15) is 40.5 Å². The van der Waals surface area contributed by atoms with Gasteiger partial charge >= 0.3 is 6.01 Å². The van der Waals surface area contributed by atoms with Crippen molar-refractivity contribution in [2.24, 2.45) is 0 Å². The van der Waals surface area contributed by atoms with Crippen molar-refractivity contribution in [3.8, 4) is 6.01 Å². The van der Waals surface area contributed by atoms with E-state index in [2.05, 4.69) is 25.6 Å². The Kier molecular flexibility index (Phi) is 8.42. The molecule has 0 spiro atoms. The highest BCUT2D eigenvalue weighted by atomic mass is 16.5. The van der Waals surface area contributed by atoms with Crippen molar-refractivity contribution in [1.82, 2.24) is 15.0 Å². The molecule has 0 unspecified atom stereocenters. The summed E-state index contributed by atoms with van der Waals surface area (Å²) < 4.78 is 10.8. The summed E-state index contributed by atoms with van der Waals surface area (Å²) in [5, 5.41) is 6.26. The van der Waals surface area contributed by atoms with Crippen LogP contribution in [0.2, 0.25) is 0 Å². The number of nitrogens with zero attached hydrogens (tertiary/aromatic N) is 3. The summed E-state index contributed by atoms with van der Waals surface area (Å²) in [6.45, 7) is 10.8. The molecule has 1 rings (SSSR count). The molecule has 0 amide bonds. The molecule has 0 bridgehead atoms. The van der Waals surface area contributed by atoms with Crippen LogP contribution in [0.5, 0.6) is 6.01 Å². The molecule has 7 heteroatoms. The summed E-state index contributed by atoms with van der Waals surface area (Å²) in [7, 11) is 0. The van der Waals surface area contributed by atoms with Gasteiger partial charge in [-0.3, -0.25) is 0 Å². The second-order valence-electron chi connectivity index (χ2n) is 4.78. The minimum absolute atomic E-state index is 0.290. The molecule has 0 saturated heterocycles. The molecule has 0 saturated carbocycles. The zero-order chi connectivity index (χ0) is 15.5. The number of ether oxygens (including phenoxy) is 2. The summed E-state index contributed by atoms with van der Waals surface area (Å²) in [6, 6.07) is 0.342. The van der Waals surface area contributed by atoms with Gasteiger partial charge in [-0.2, -0.15) is 15.0 Å². The number of hydrogen-bond donors (Lipinski definition) is 2. The smallest absolute Gasteiger partial charge is 0.323 e. The molecular weight excluding hydrogens is 270 g/mol. The number of nitrogens with one attached hydrogen (secondary N) is 2. The number of hydrogen-bond acceptors (Lipinski definition) is 7. The Morgan fingerprint density at radius 3 is 2.33 bits per heavy atom. The fraction of sp³-hybridized carbons (Fsp3) is 0.786. The average Bonchev–Trinajstić information content (AvgIpc) is 2.43. The standard InChI is InChI=1S/C14H27N5O2/c1-5-15-12-17-13(19-14(18-12)20-6-2)16-9-7-8-10-21-11(3)4/h11H,5-10H2,1-4H3,(H2,15,16,17,18,19). The number of rotatable bonds is 11. The van der Waals surface area contributed by atoms with Gasteiger partial charge in [-0.25, -0.2) is 0 Å². The molecule has 21 heavy (non-hydrogen) atoms. The van der Waals surface area contributed by atoms with Crippen LogP contribution < -0.4 is 15.4 Å². The normalized spacial score (nSPS) is 10.7. The van der Waals surface area contributed by atoms with Crippen molar-refractivity contribution in [1.29, 1.82) is 0 Å². The van der Waals surface area contributed by atoms with E-state index in [1.165, 1.54) is 0 Å². The topological polar surface area (TPSA) is 81.2 Å². The first-order chi connectivity index (χ1) is 10.2. The Labute approximate surface area is 126 Å². The Bertz CT molecular complexity index is 377. The fourth-order valence-corrected chi connectivity index (χ4v) is 1.61. The highest BCUT2D eigenvalue weighted by Crippen LogP contribution is 2.11. The Morgan fingerprint density at radius 2 is 1.71 bits per heavy atom. The lowest BCUT2D eigenvalue weighted by Crippen LogP contribution is -2.12. The van der Waals surface area contributed by atoms with Crippen molar-refractivity contribution in [2.75, 3.05) is 36.9 Å². The molecule has 1 aromatic heterocycles. The highest BCUT2D eigenvalue weighted by Gasteiger charge is 2.06. The van der Waals surface area contributed by atoms with Crippen LogP contribution in [0.4, 0.5) is 11.9 Å². The van der Waals surface area contributed by atoms with E-state index in [9.17, 15) is 0 Å². The summed E-state index contributed by atoms with van der Waals surface area (Å²) in [5.74, 6) is 1.07. The van der Waals surface area contributed by atoms with Crippen LogP contribution in [-0.4, -0.2) is 47.4 Å². The van der Waals surface area contributed by atoms with Crippen LogP contribution in [0.15, 0.2) is 0 Å². The molecule has 1 aromatic rings. The van der Waals surface area contributed by atoms with E-state index in [1.54, 1.807) is 0 Å². The molecule has 0 atom stereocenters. The molecule has 0 aliphatic heterocycles. The van der Waals surface area contributed by atoms with E-state index in [4.69, 9.17) is 9.47 Å². The van der Waals surface area contributed by atoms with Gasteiger partial charge in [0.05, 0.1) is 12.7 Å². The summed E-state index contributed by atoms with van der Waals surface area (Å²) in [4.78, 5) is 12.7. The van der Waals surface area contributed by atoms with Crippen LogP contribution in [0.25, 0.3) is 0 Å². The third kappa shape index (κ3) is 7.65. The monoisotopic (exact) mass is 297 g/mol. The van der Waals surface area contributed by atoms with Crippen molar-refractivity contribution in [3.05, 3.63) is 0 Å². The SMILES string of the molecule is CCNc1nc(NCCCCOC(C)C)nc(OCC)n1. The van der Waals surface area contributed by atoms with Crippen LogP contribution in [-0.2, 0) is 4.74 Å². The maximum atomic E-state index is 5.50. The summed E-state index contributed by atoms with van der Waals surface area (Å²) in [6.07, 6.45) is 2.30. The van der Waals surface area contributed by atoms with Crippen molar-refractivity contribution >= 4 is 11.9 Å². The van der Waals surface area contributed by atoms with E-state index >= 15 is 0 Å². The molecule has 0 aliphatic rings. The molecule has 2 N–H and O–H groups in total. The lowest BCUT2D eigenvalue weighted by atomic mass is 10.3. The van der Waals surface area contributed by atoms with E-state index in [0.29, 0.717) is 24.5 Å². The third-order valence-corrected chi connectivity index (χ3v) is 2.53. The Hall–Kier alpha value is -1.63. The van der Waals surface area contributed by atoms with E-state index in [1.807, 2.05) is 27.7 Å². The predicted molar refractivity (Wildman–Crippen MR) is 84.0 cm³/mol. The van der Waals surface area contributed by atoms with Gasteiger partial charge in [0.2, 0.25) is 11.9 Å². The van der Waals surface area contributed by atoms with E-state index < -0.39 is 0 Å². The van der Waals surface area contributed by atoms with Crippen LogP contribution >= 0.6 is 0 Å². The first-order valence-corrected chi connectivity index (χ1v) is 7.63. The zero-order valence-corrected chi connectivity index (χ0v) is 13.5.